The second kappa shape index (κ2) is 7.19. The number of rotatable bonds is 4. The topological polar surface area (TPSA) is 83.4 Å². The third-order valence-corrected chi connectivity index (χ3v) is 4.08. The summed E-state index contributed by atoms with van der Waals surface area (Å²) < 4.78 is 1.94. The Balaban J connectivity index is 1.63. The lowest BCUT2D eigenvalue weighted by atomic mass is 10.1. The summed E-state index contributed by atoms with van der Waals surface area (Å²) in [5.41, 5.74) is 3.02. The molecule has 6 nitrogen and oxygen atoms in total. The molecule has 0 radical (unpaired) electrons. The molecule has 0 aliphatic heterocycles. The Hall–Kier alpha value is -3.12. The van der Waals surface area contributed by atoms with Gasteiger partial charge in [0.25, 0.3) is 0 Å². The van der Waals surface area contributed by atoms with Crippen LogP contribution in [0.15, 0.2) is 54.7 Å². The van der Waals surface area contributed by atoms with Gasteiger partial charge in [-0.1, -0.05) is 30.3 Å². The van der Waals surface area contributed by atoms with Gasteiger partial charge in [-0.15, -0.1) is 0 Å². The maximum Gasteiger partial charge on any atom is 0.313 e. The zero-order chi connectivity index (χ0) is 17.8. The van der Waals surface area contributed by atoms with Crippen LogP contribution in [0.3, 0.4) is 0 Å². The molecule has 6 heteroatoms. The molecule has 0 unspecified atom stereocenters. The summed E-state index contributed by atoms with van der Waals surface area (Å²) in [5.74, 6) is -1.45. The molecule has 2 amide bonds. The molecule has 0 aliphatic carbocycles. The summed E-state index contributed by atoms with van der Waals surface area (Å²) in [7, 11) is 1.92. The van der Waals surface area contributed by atoms with Crippen molar-refractivity contribution in [1.82, 2.24) is 9.88 Å². The Morgan fingerprint density at radius 2 is 1.80 bits per heavy atom. The van der Waals surface area contributed by atoms with E-state index in [1.807, 2.05) is 48.1 Å². The normalized spacial score (nSPS) is 10.6. The SMILES string of the molecule is Cn1ccc2ccc(NC(=O)C(=O)NCc3ccccc3CO)cc21. The lowest BCUT2D eigenvalue weighted by molar-refractivity contribution is -0.136. The van der Waals surface area contributed by atoms with Crippen LogP contribution in [0.1, 0.15) is 11.1 Å². The van der Waals surface area contributed by atoms with Gasteiger partial charge in [0.1, 0.15) is 0 Å². The van der Waals surface area contributed by atoms with Crippen molar-refractivity contribution in [2.45, 2.75) is 13.2 Å². The van der Waals surface area contributed by atoms with Crippen LogP contribution in [0.4, 0.5) is 5.69 Å². The number of nitrogens with one attached hydrogen (secondary N) is 2. The van der Waals surface area contributed by atoms with Gasteiger partial charge in [-0.25, -0.2) is 0 Å². The molecule has 3 rings (SSSR count). The number of hydrogen-bond acceptors (Lipinski definition) is 3. The third-order valence-electron chi connectivity index (χ3n) is 4.08. The quantitative estimate of drug-likeness (QED) is 0.636. The predicted octanol–water partition coefficient (Wildman–Crippen LogP) is 1.93. The highest BCUT2D eigenvalue weighted by Crippen LogP contribution is 2.19. The molecular formula is C19H19N3O3. The number of carbonyl (C=O) groups excluding carboxylic acids is 2. The van der Waals surface area contributed by atoms with Gasteiger partial charge >= 0.3 is 11.8 Å². The van der Waals surface area contributed by atoms with Crippen LogP contribution in [0.5, 0.6) is 0 Å². The summed E-state index contributed by atoms with van der Waals surface area (Å²) in [4.78, 5) is 24.1. The minimum absolute atomic E-state index is 0.116. The summed E-state index contributed by atoms with van der Waals surface area (Å²) in [6.07, 6.45) is 1.93. The largest absolute Gasteiger partial charge is 0.392 e. The molecule has 1 aromatic heterocycles. The lowest BCUT2D eigenvalue weighted by Crippen LogP contribution is -2.35. The number of aliphatic hydroxyl groups excluding tert-OH is 1. The van der Waals surface area contributed by atoms with E-state index >= 15 is 0 Å². The van der Waals surface area contributed by atoms with Gasteiger partial charge in [0, 0.05) is 31.0 Å². The smallest absolute Gasteiger partial charge is 0.313 e. The predicted molar refractivity (Wildman–Crippen MR) is 95.8 cm³/mol. The molecule has 0 saturated heterocycles. The Labute approximate surface area is 145 Å². The first kappa shape index (κ1) is 16.7. The monoisotopic (exact) mass is 337 g/mol. The van der Waals surface area contributed by atoms with E-state index in [1.165, 1.54) is 0 Å². The van der Waals surface area contributed by atoms with E-state index in [1.54, 1.807) is 18.2 Å². The van der Waals surface area contributed by atoms with Crippen LogP contribution >= 0.6 is 0 Å². The van der Waals surface area contributed by atoms with Gasteiger partial charge < -0.3 is 20.3 Å². The first-order valence-electron chi connectivity index (χ1n) is 7.90. The van der Waals surface area contributed by atoms with Crippen molar-refractivity contribution >= 4 is 28.4 Å². The zero-order valence-corrected chi connectivity index (χ0v) is 13.8. The molecule has 3 aromatic rings. The van der Waals surface area contributed by atoms with Gasteiger partial charge in [0.05, 0.1) is 6.61 Å². The van der Waals surface area contributed by atoms with E-state index in [-0.39, 0.29) is 13.2 Å². The highest BCUT2D eigenvalue weighted by molar-refractivity contribution is 6.39. The van der Waals surface area contributed by atoms with Crippen molar-refractivity contribution in [2.24, 2.45) is 7.05 Å². The minimum Gasteiger partial charge on any atom is -0.392 e. The number of carbonyl (C=O) groups is 2. The molecule has 0 atom stereocenters. The molecule has 25 heavy (non-hydrogen) atoms. The Bertz CT molecular complexity index is 931. The van der Waals surface area contributed by atoms with Gasteiger partial charge in [-0.05, 0) is 34.7 Å². The van der Waals surface area contributed by atoms with E-state index < -0.39 is 11.8 Å². The lowest BCUT2D eigenvalue weighted by Gasteiger charge is -2.09. The molecule has 0 saturated carbocycles. The van der Waals surface area contributed by atoms with Gasteiger partial charge in [0.2, 0.25) is 0 Å². The van der Waals surface area contributed by atoms with Gasteiger partial charge in [-0.3, -0.25) is 9.59 Å². The van der Waals surface area contributed by atoms with Gasteiger partial charge in [0.15, 0.2) is 0 Å². The highest BCUT2D eigenvalue weighted by atomic mass is 16.3. The molecule has 0 spiro atoms. The number of nitrogens with zero attached hydrogens (tertiary/aromatic N) is 1. The number of benzene rings is 2. The number of hydrogen-bond donors (Lipinski definition) is 3. The first-order chi connectivity index (χ1) is 12.1. The molecule has 0 fully saturated rings. The molecule has 2 aromatic carbocycles. The number of aliphatic hydroxyl groups is 1. The molecular weight excluding hydrogens is 318 g/mol. The fourth-order valence-electron chi connectivity index (χ4n) is 2.67. The van der Waals surface area contributed by atoms with Crippen molar-refractivity contribution in [3.8, 4) is 0 Å². The number of fused-ring (bicyclic) bond motifs is 1. The molecule has 0 bridgehead atoms. The number of aromatic nitrogens is 1. The zero-order valence-electron chi connectivity index (χ0n) is 13.8. The molecule has 3 N–H and O–H groups in total. The average Bonchev–Trinajstić information content (AvgIpc) is 3.00. The molecule has 0 aliphatic rings. The first-order valence-corrected chi connectivity index (χ1v) is 7.90. The maximum atomic E-state index is 12.1. The van der Waals surface area contributed by atoms with Crippen molar-refractivity contribution in [3.05, 3.63) is 65.9 Å². The van der Waals surface area contributed by atoms with Gasteiger partial charge in [-0.2, -0.15) is 0 Å². The van der Waals surface area contributed by atoms with Crippen molar-refractivity contribution in [2.75, 3.05) is 5.32 Å². The molecule has 1 heterocycles. The number of aryl methyl sites for hydroxylation is 1. The van der Waals surface area contributed by atoms with E-state index in [4.69, 9.17) is 0 Å². The average molecular weight is 337 g/mol. The van der Waals surface area contributed by atoms with E-state index in [0.717, 1.165) is 22.0 Å². The highest BCUT2D eigenvalue weighted by Gasteiger charge is 2.14. The van der Waals surface area contributed by atoms with Crippen molar-refractivity contribution < 1.29 is 14.7 Å². The van der Waals surface area contributed by atoms with E-state index in [0.29, 0.717) is 5.69 Å². The summed E-state index contributed by atoms with van der Waals surface area (Å²) in [6, 6.07) is 14.6. The molecule has 128 valence electrons. The van der Waals surface area contributed by atoms with Crippen LogP contribution in [0.25, 0.3) is 10.9 Å². The summed E-state index contributed by atoms with van der Waals surface area (Å²) in [5, 5.41) is 15.5. The van der Waals surface area contributed by atoms with Crippen molar-refractivity contribution in [3.63, 3.8) is 0 Å². The van der Waals surface area contributed by atoms with Crippen LogP contribution in [0, 0.1) is 0 Å². The Morgan fingerprint density at radius 3 is 2.56 bits per heavy atom. The summed E-state index contributed by atoms with van der Waals surface area (Å²) in [6.45, 7) is 0.0642. The second-order valence-corrected chi connectivity index (χ2v) is 5.76. The van der Waals surface area contributed by atoms with E-state index in [9.17, 15) is 14.7 Å². The number of amides is 2. The fraction of sp³-hybridized carbons (Fsp3) is 0.158. The van der Waals surface area contributed by atoms with Crippen LogP contribution in [-0.4, -0.2) is 21.5 Å². The minimum atomic E-state index is -0.727. The maximum absolute atomic E-state index is 12.1. The Kier molecular flexibility index (Phi) is 4.81. The van der Waals surface area contributed by atoms with Crippen LogP contribution < -0.4 is 10.6 Å². The third kappa shape index (κ3) is 3.70. The summed E-state index contributed by atoms with van der Waals surface area (Å²) >= 11 is 0. The van der Waals surface area contributed by atoms with E-state index in [2.05, 4.69) is 10.6 Å². The number of anilines is 1. The van der Waals surface area contributed by atoms with Crippen LogP contribution in [0.2, 0.25) is 0 Å². The fourth-order valence-corrected chi connectivity index (χ4v) is 2.67. The van der Waals surface area contributed by atoms with Crippen molar-refractivity contribution in [1.29, 1.82) is 0 Å². The second-order valence-electron chi connectivity index (χ2n) is 5.76. The van der Waals surface area contributed by atoms with Crippen LogP contribution in [-0.2, 0) is 29.8 Å². The Morgan fingerprint density at radius 1 is 1.04 bits per heavy atom. The standard InChI is InChI=1S/C19H19N3O3/c1-22-9-8-13-6-7-16(10-17(13)22)21-19(25)18(24)20-11-14-4-2-3-5-15(14)12-23/h2-10,23H,11-12H2,1H3,(H,20,24)(H,21,25).